The zero-order chi connectivity index (χ0) is 11.3. The van der Waals surface area contributed by atoms with Crippen molar-refractivity contribution in [3.63, 3.8) is 0 Å². The van der Waals surface area contributed by atoms with E-state index in [0.29, 0.717) is 11.5 Å². The van der Waals surface area contributed by atoms with E-state index in [1.54, 1.807) is 6.07 Å². The van der Waals surface area contributed by atoms with Crippen LogP contribution in [0.25, 0.3) is 0 Å². The molecule has 0 saturated heterocycles. The molecule has 0 aromatic carbocycles. The van der Waals surface area contributed by atoms with Crippen molar-refractivity contribution in [2.45, 2.75) is 19.9 Å². The second kappa shape index (κ2) is 5.80. The van der Waals surface area contributed by atoms with Gasteiger partial charge in [-0.05, 0) is 12.0 Å². The Morgan fingerprint density at radius 2 is 2.27 bits per heavy atom. The molecule has 82 valence electrons. The fourth-order valence-electron chi connectivity index (χ4n) is 1.06. The van der Waals surface area contributed by atoms with E-state index in [1.807, 2.05) is 0 Å². The first-order valence-electron chi connectivity index (χ1n) is 4.78. The highest BCUT2D eigenvalue weighted by molar-refractivity contribution is 9.09. The Hall–Kier alpha value is -0.970. The molecule has 5 heteroatoms. The summed E-state index contributed by atoms with van der Waals surface area (Å²) < 4.78 is 0. The highest BCUT2D eigenvalue weighted by Gasteiger charge is 2.15. The van der Waals surface area contributed by atoms with Gasteiger partial charge in [0.25, 0.3) is 5.91 Å². The Balaban J connectivity index is 2.63. The Morgan fingerprint density at radius 3 is 2.73 bits per heavy atom. The summed E-state index contributed by atoms with van der Waals surface area (Å²) in [5.74, 6) is 0.283. The Kier molecular flexibility index (Phi) is 4.68. The Morgan fingerprint density at radius 1 is 1.53 bits per heavy atom. The van der Waals surface area contributed by atoms with Crippen LogP contribution in [0.15, 0.2) is 18.5 Å². The molecule has 0 aliphatic carbocycles. The van der Waals surface area contributed by atoms with Crippen molar-refractivity contribution in [2.24, 2.45) is 5.92 Å². The normalized spacial score (nSPS) is 12.5. The molecule has 4 nitrogen and oxygen atoms in total. The molecule has 0 aliphatic rings. The lowest BCUT2D eigenvalue weighted by atomic mass is 10.1. The minimum absolute atomic E-state index is 0.108. The van der Waals surface area contributed by atoms with E-state index in [1.165, 1.54) is 12.4 Å². The van der Waals surface area contributed by atoms with Crippen LogP contribution in [0.5, 0.6) is 0 Å². The van der Waals surface area contributed by atoms with Gasteiger partial charge in [0.2, 0.25) is 0 Å². The number of carbonyl (C=O) groups excluding carboxylic acids is 1. The van der Waals surface area contributed by atoms with Crippen molar-refractivity contribution in [1.29, 1.82) is 0 Å². The van der Waals surface area contributed by atoms with Crippen LogP contribution in [-0.4, -0.2) is 27.5 Å². The van der Waals surface area contributed by atoms with E-state index < -0.39 is 0 Å². The average Bonchev–Trinajstić information content (AvgIpc) is 2.26. The van der Waals surface area contributed by atoms with E-state index in [9.17, 15) is 4.79 Å². The lowest BCUT2D eigenvalue weighted by molar-refractivity contribution is 0.0931. The first kappa shape index (κ1) is 12.1. The summed E-state index contributed by atoms with van der Waals surface area (Å²) in [7, 11) is 0. The molecule has 1 unspecified atom stereocenters. The van der Waals surface area contributed by atoms with Gasteiger partial charge in [0.15, 0.2) is 0 Å². The van der Waals surface area contributed by atoms with Gasteiger partial charge in [-0.3, -0.25) is 4.79 Å². The van der Waals surface area contributed by atoms with Crippen LogP contribution in [-0.2, 0) is 0 Å². The minimum atomic E-state index is -0.108. The van der Waals surface area contributed by atoms with Crippen molar-refractivity contribution in [3.8, 4) is 0 Å². The van der Waals surface area contributed by atoms with Gasteiger partial charge in [-0.15, -0.1) is 0 Å². The molecule has 0 spiro atoms. The van der Waals surface area contributed by atoms with Crippen LogP contribution in [0, 0.1) is 5.92 Å². The van der Waals surface area contributed by atoms with Gasteiger partial charge < -0.3 is 5.32 Å². The third-order valence-electron chi connectivity index (χ3n) is 2.13. The van der Waals surface area contributed by atoms with Gasteiger partial charge in [0.05, 0.1) is 18.0 Å². The van der Waals surface area contributed by atoms with Gasteiger partial charge in [-0.2, -0.15) is 10.2 Å². The SMILES string of the molecule is CC(C)C(CBr)NC(=O)c1ccnnc1. The number of rotatable bonds is 4. The maximum Gasteiger partial charge on any atom is 0.253 e. The maximum atomic E-state index is 11.7. The molecule has 1 heterocycles. The van der Waals surface area contributed by atoms with E-state index >= 15 is 0 Å². The molecular formula is C10H14BrN3O. The number of aromatic nitrogens is 2. The first-order valence-corrected chi connectivity index (χ1v) is 5.90. The topological polar surface area (TPSA) is 54.9 Å². The van der Waals surface area contributed by atoms with E-state index in [2.05, 4.69) is 45.3 Å². The first-order chi connectivity index (χ1) is 7.15. The number of hydrogen-bond acceptors (Lipinski definition) is 3. The lowest BCUT2D eigenvalue weighted by Gasteiger charge is -2.19. The molecule has 0 bridgehead atoms. The van der Waals surface area contributed by atoms with Crippen LogP contribution in [0.4, 0.5) is 0 Å². The molecule has 0 saturated carbocycles. The Labute approximate surface area is 97.6 Å². The minimum Gasteiger partial charge on any atom is -0.348 e. The molecule has 0 fully saturated rings. The van der Waals surface area contributed by atoms with Crippen molar-refractivity contribution >= 4 is 21.8 Å². The molecule has 0 aliphatic heterocycles. The molecule has 15 heavy (non-hydrogen) atoms. The molecule has 1 rings (SSSR count). The van der Waals surface area contributed by atoms with Crippen molar-refractivity contribution in [1.82, 2.24) is 15.5 Å². The predicted molar refractivity (Wildman–Crippen MR) is 61.9 cm³/mol. The zero-order valence-corrected chi connectivity index (χ0v) is 10.4. The van der Waals surface area contributed by atoms with E-state index in [4.69, 9.17) is 0 Å². The molecule has 1 aromatic rings. The molecule has 1 N–H and O–H groups in total. The van der Waals surface area contributed by atoms with Crippen molar-refractivity contribution in [3.05, 3.63) is 24.0 Å². The second-order valence-corrected chi connectivity index (χ2v) is 4.26. The summed E-state index contributed by atoms with van der Waals surface area (Å²) in [4.78, 5) is 11.7. The summed E-state index contributed by atoms with van der Waals surface area (Å²) in [6, 6.07) is 1.78. The van der Waals surface area contributed by atoms with Crippen molar-refractivity contribution < 1.29 is 4.79 Å². The van der Waals surface area contributed by atoms with Gasteiger partial charge in [-0.25, -0.2) is 0 Å². The second-order valence-electron chi connectivity index (χ2n) is 3.61. The fraction of sp³-hybridized carbons (Fsp3) is 0.500. The monoisotopic (exact) mass is 271 g/mol. The van der Waals surface area contributed by atoms with E-state index in [0.717, 1.165) is 5.33 Å². The van der Waals surface area contributed by atoms with Crippen LogP contribution in [0.3, 0.4) is 0 Å². The summed E-state index contributed by atoms with van der Waals surface area (Å²) >= 11 is 3.37. The van der Waals surface area contributed by atoms with Gasteiger partial charge in [0.1, 0.15) is 0 Å². The fourth-order valence-corrected chi connectivity index (χ4v) is 1.97. The third kappa shape index (κ3) is 3.58. The molecular weight excluding hydrogens is 258 g/mol. The maximum absolute atomic E-state index is 11.7. The highest BCUT2D eigenvalue weighted by Crippen LogP contribution is 2.06. The molecule has 1 amide bonds. The van der Waals surface area contributed by atoms with Crippen LogP contribution >= 0.6 is 15.9 Å². The largest absolute Gasteiger partial charge is 0.348 e. The smallest absolute Gasteiger partial charge is 0.253 e. The summed E-state index contributed by atoms with van der Waals surface area (Å²) in [5.41, 5.74) is 0.539. The molecule has 1 atom stereocenters. The van der Waals surface area contributed by atoms with Crippen molar-refractivity contribution in [2.75, 3.05) is 5.33 Å². The van der Waals surface area contributed by atoms with Crippen LogP contribution in [0.2, 0.25) is 0 Å². The highest BCUT2D eigenvalue weighted by atomic mass is 79.9. The van der Waals surface area contributed by atoms with Gasteiger partial charge in [0, 0.05) is 11.4 Å². The summed E-state index contributed by atoms with van der Waals surface area (Å²) in [6.07, 6.45) is 2.97. The average molecular weight is 272 g/mol. The van der Waals surface area contributed by atoms with E-state index in [-0.39, 0.29) is 11.9 Å². The zero-order valence-electron chi connectivity index (χ0n) is 8.77. The number of carbonyl (C=O) groups is 1. The molecule has 0 radical (unpaired) electrons. The lowest BCUT2D eigenvalue weighted by Crippen LogP contribution is -2.39. The Bertz CT molecular complexity index is 316. The third-order valence-corrected chi connectivity index (χ3v) is 2.83. The van der Waals surface area contributed by atoms with Crippen LogP contribution in [0.1, 0.15) is 24.2 Å². The quantitative estimate of drug-likeness (QED) is 0.847. The van der Waals surface area contributed by atoms with Gasteiger partial charge in [-0.1, -0.05) is 29.8 Å². The predicted octanol–water partition coefficient (Wildman–Crippen LogP) is 1.63. The molecule has 1 aromatic heterocycles. The number of hydrogen-bond donors (Lipinski definition) is 1. The number of nitrogens with one attached hydrogen (secondary N) is 1. The standard InChI is InChI=1S/C10H14BrN3O/c1-7(2)9(5-11)14-10(15)8-3-4-12-13-6-8/h3-4,6-7,9H,5H2,1-2H3,(H,14,15). The number of amides is 1. The van der Waals surface area contributed by atoms with Crippen LogP contribution < -0.4 is 5.32 Å². The summed E-state index contributed by atoms with van der Waals surface area (Å²) in [5, 5.41) is 11.0. The number of alkyl halides is 1. The van der Waals surface area contributed by atoms with Gasteiger partial charge >= 0.3 is 0 Å². The summed E-state index contributed by atoms with van der Waals surface area (Å²) in [6.45, 7) is 4.13. The number of halogens is 1. The number of nitrogens with zero attached hydrogens (tertiary/aromatic N) is 2.